The number of pyridine rings is 1. The molecular weight excluding hydrogens is 408 g/mol. The number of nitrogens with zero attached hydrogens (tertiary/aromatic N) is 2. The van der Waals surface area contributed by atoms with Crippen LogP contribution in [0.3, 0.4) is 0 Å². The summed E-state index contributed by atoms with van der Waals surface area (Å²) in [7, 11) is 1.67. The van der Waals surface area contributed by atoms with Crippen molar-refractivity contribution in [2.24, 2.45) is 0 Å². The third-order valence-electron chi connectivity index (χ3n) is 6.82. The van der Waals surface area contributed by atoms with Gasteiger partial charge >= 0.3 is 0 Å². The molecule has 2 aromatic heterocycles. The lowest BCUT2D eigenvalue weighted by Gasteiger charge is -2.37. The van der Waals surface area contributed by atoms with Crippen LogP contribution >= 0.6 is 11.3 Å². The van der Waals surface area contributed by atoms with Gasteiger partial charge in [-0.05, 0) is 49.4 Å². The zero-order valence-electron chi connectivity index (χ0n) is 17.8. The molecule has 1 atom stereocenters. The highest BCUT2D eigenvalue weighted by Crippen LogP contribution is 2.32. The second kappa shape index (κ2) is 8.48. The van der Waals surface area contributed by atoms with Crippen LogP contribution in [0.25, 0.3) is 10.8 Å². The SMILES string of the molecule is CNC(=O)c1cc(N2CCC(N3CCC(c4cc5ccccc5c(=O)[nH]4)C3)CC2)cs1. The van der Waals surface area contributed by atoms with E-state index < -0.39 is 0 Å². The number of piperidine rings is 1. The van der Waals surface area contributed by atoms with E-state index in [1.165, 1.54) is 11.3 Å². The summed E-state index contributed by atoms with van der Waals surface area (Å²) in [6, 6.07) is 12.6. The first-order valence-corrected chi connectivity index (χ1v) is 11.9. The zero-order chi connectivity index (χ0) is 21.4. The molecule has 2 N–H and O–H groups in total. The van der Waals surface area contributed by atoms with E-state index in [9.17, 15) is 9.59 Å². The number of carbonyl (C=O) groups is 1. The van der Waals surface area contributed by atoms with Gasteiger partial charge < -0.3 is 15.2 Å². The number of nitrogens with one attached hydrogen (secondary N) is 2. The first kappa shape index (κ1) is 20.3. The Labute approximate surface area is 185 Å². The molecule has 3 aromatic rings. The minimum atomic E-state index is -0.0130. The molecule has 0 aliphatic carbocycles. The van der Waals surface area contributed by atoms with Gasteiger partial charge in [0.25, 0.3) is 11.5 Å². The van der Waals surface area contributed by atoms with Gasteiger partial charge in [-0.15, -0.1) is 11.3 Å². The topological polar surface area (TPSA) is 68.4 Å². The number of thiophene rings is 1. The first-order valence-electron chi connectivity index (χ1n) is 11.0. The fourth-order valence-electron chi connectivity index (χ4n) is 5.05. The van der Waals surface area contributed by atoms with Gasteiger partial charge in [0.1, 0.15) is 0 Å². The van der Waals surface area contributed by atoms with Crippen molar-refractivity contribution in [2.75, 3.05) is 38.1 Å². The number of hydrogen-bond donors (Lipinski definition) is 2. The molecule has 1 unspecified atom stereocenters. The summed E-state index contributed by atoms with van der Waals surface area (Å²) in [5.41, 5.74) is 2.26. The van der Waals surface area contributed by atoms with E-state index in [-0.39, 0.29) is 11.5 Å². The van der Waals surface area contributed by atoms with Crippen molar-refractivity contribution in [3.8, 4) is 0 Å². The monoisotopic (exact) mass is 436 g/mol. The molecule has 1 aromatic carbocycles. The van der Waals surface area contributed by atoms with Crippen molar-refractivity contribution in [2.45, 2.75) is 31.2 Å². The van der Waals surface area contributed by atoms with E-state index in [1.807, 2.05) is 30.3 Å². The molecule has 2 fully saturated rings. The number of anilines is 1. The Hall–Kier alpha value is -2.64. The molecule has 2 aliphatic rings. The van der Waals surface area contributed by atoms with Crippen molar-refractivity contribution in [1.82, 2.24) is 15.2 Å². The van der Waals surface area contributed by atoms with Crippen molar-refractivity contribution < 1.29 is 4.79 Å². The smallest absolute Gasteiger partial charge is 0.261 e. The average Bonchev–Trinajstić information content (AvgIpc) is 3.49. The maximum atomic E-state index is 12.5. The van der Waals surface area contributed by atoms with Crippen LogP contribution in [0.2, 0.25) is 0 Å². The number of H-pyrrole nitrogens is 1. The Kier molecular flexibility index (Phi) is 5.54. The highest BCUT2D eigenvalue weighted by Gasteiger charge is 2.32. The Bertz CT molecular complexity index is 1150. The number of carbonyl (C=O) groups excluding carboxylic acids is 1. The molecule has 6 nitrogen and oxygen atoms in total. The first-order chi connectivity index (χ1) is 15.1. The van der Waals surface area contributed by atoms with Crippen LogP contribution < -0.4 is 15.8 Å². The number of amides is 1. The predicted molar refractivity (Wildman–Crippen MR) is 126 cm³/mol. The minimum absolute atomic E-state index is 0.0130. The lowest BCUT2D eigenvalue weighted by molar-refractivity contribution is 0.0967. The Morgan fingerprint density at radius 3 is 2.74 bits per heavy atom. The molecule has 4 heterocycles. The van der Waals surface area contributed by atoms with Gasteiger partial charge in [-0.25, -0.2) is 0 Å². The normalized spacial score (nSPS) is 20.4. The number of benzene rings is 1. The Balaban J connectivity index is 1.21. The average molecular weight is 437 g/mol. The van der Waals surface area contributed by atoms with Crippen LogP contribution in [-0.4, -0.2) is 55.1 Å². The van der Waals surface area contributed by atoms with Crippen LogP contribution in [0.1, 0.15) is 40.5 Å². The molecule has 31 heavy (non-hydrogen) atoms. The van der Waals surface area contributed by atoms with Crippen LogP contribution in [0.5, 0.6) is 0 Å². The molecule has 5 rings (SSSR count). The molecule has 2 aliphatic heterocycles. The molecule has 0 radical (unpaired) electrons. The predicted octanol–water partition coefficient (Wildman–Crippen LogP) is 3.41. The summed E-state index contributed by atoms with van der Waals surface area (Å²) in [6.45, 7) is 4.13. The summed E-state index contributed by atoms with van der Waals surface area (Å²) in [5.74, 6) is 0.378. The number of hydrogen-bond acceptors (Lipinski definition) is 5. The van der Waals surface area contributed by atoms with E-state index in [1.54, 1.807) is 7.05 Å². The van der Waals surface area contributed by atoms with Gasteiger partial charge in [0.05, 0.1) is 4.88 Å². The summed E-state index contributed by atoms with van der Waals surface area (Å²) < 4.78 is 0. The standard InChI is InChI=1S/C24H28N4O2S/c1-25-24(30)22-13-19(15-31-22)27-10-7-18(8-11-27)28-9-6-17(14-28)21-12-16-4-2-3-5-20(16)23(29)26-21/h2-5,12-13,15,17-18H,6-11,14H2,1H3,(H,25,30)(H,26,29). The van der Waals surface area contributed by atoms with Crippen LogP contribution in [-0.2, 0) is 0 Å². The van der Waals surface area contributed by atoms with E-state index >= 15 is 0 Å². The maximum Gasteiger partial charge on any atom is 0.261 e. The third kappa shape index (κ3) is 4.00. The lowest BCUT2D eigenvalue weighted by Crippen LogP contribution is -2.44. The summed E-state index contributed by atoms with van der Waals surface area (Å²) >= 11 is 1.51. The zero-order valence-corrected chi connectivity index (χ0v) is 18.6. The molecule has 0 saturated carbocycles. The van der Waals surface area contributed by atoms with Gasteiger partial charge in [0, 0.05) is 60.8 Å². The van der Waals surface area contributed by atoms with Crippen LogP contribution in [0.15, 0.2) is 46.6 Å². The van der Waals surface area contributed by atoms with E-state index in [2.05, 4.69) is 31.5 Å². The molecular formula is C24H28N4O2S. The fourth-order valence-corrected chi connectivity index (χ4v) is 5.91. The van der Waals surface area contributed by atoms with Crippen molar-refractivity contribution >= 4 is 33.7 Å². The second-order valence-electron chi connectivity index (χ2n) is 8.59. The van der Waals surface area contributed by atoms with Gasteiger partial charge in [0.15, 0.2) is 0 Å². The van der Waals surface area contributed by atoms with Gasteiger partial charge in [-0.2, -0.15) is 0 Å². The molecule has 2 saturated heterocycles. The van der Waals surface area contributed by atoms with Crippen LogP contribution in [0, 0.1) is 0 Å². The number of aromatic nitrogens is 1. The number of likely N-dealkylation sites (tertiary alicyclic amines) is 1. The number of aromatic amines is 1. The quantitative estimate of drug-likeness (QED) is 0.658. The van der Waals surface area contributed by atoms with E-state index in [0.717, 1.165) is 72.5 Å². The lowest BCUT2D eigenvalue weighted by atomic mass is 10.0. The maximum absolute atomic E-state index is 12.5. The van der Waals surface area contributed by atoms with Crippen molar-refractivity contribution in [3.05, 3.63) is 62.7 Å². The fraction of sp³-hybridized carbons (Fsp3) is 0.417. The Morgan fingerprint density at radius 1 is 1.13 bits per heavy atom. The summed E-state index contributed by atoms with van der Waals surface area (Å²) in [4.78, 5) is 33.2. The van der Waals surface area contributed by atoms with Crippen molar-refractivity contribution in [3.63, 3.8) is 0 Å². The molecule has 1 amide bonds. The Morgan fingerprint density at radius 2 is 1.94 bits per heavy atom. The highest BCUT2D eigenvalue weighted by atomic mass is 32.1. The van der Waals surface area contributed by atoms with Gasteiger partial charge in [0.2, 0.25) is 0 Å². The summed E-state index contributed by atoms with van der Waals surface area (Å²) in [6.07, 6.45) is 3.35. The van der Waals surface area contributed by atoms with Crippen LogP contribution in [0.4, 0.5) is 5.69 Å². The van der Waals surface area contributed by atoms with Gasteiger partial charge in [-0.3, -0.25) is 14.5 Å². The summed E-state index contributed by atoms with van der Waals surface area (Å²) in [5, 5.41) is 6.58. The second-order valence-corrected chi connectivity index (χ2v) is 9.50. The number of rotatable bonds is 4. The molecule has 162 valence electrons. The van der Waals surface area contributed by atoms with Crippen molar-refractivity contribution in [1.29, 1.82) is 0 Å². The van der Waals surface area contributed by atoms with E-state index in [0.29, 0.717) is 12.0 Å². The number of fused-ring (bicyclic) bond motifs is 1. The molecule has 0 spiro atoms. The minimum Gasteiger partial charge on any atom is -0.371 e. The van der Waals surface area contributed by atoms with Gasteiger partial charge in [-0.1, -0.05) is 18.2 Å². The van der Waals surface area contributed by atoms with E-state index in [4.69, 9.17) is 0 Å². The molecule has 0 bridgehead atoms. The highest BCUT2D eigenvalue weighted by molar-refractivity contribution is 7.12. The largest absolute Gasteiger partial charge is 0.371 e. The molecule has 7 heteroatoms. The third-order valence-corrected chi connectivity index (χ3v) is 7.73.